The molecule has 0 aromatic heterocycles. The van der Waals surface area contributed by atoms with E-state index in [4.69, 9.17) is 21.1 Å². The van der Waals surface area contributed by atoms with Crippen LogP contribution in [-0.2, 0) is 4.74 Å². The molecule has 112 valence electrons. The summed E-state index contributed by atoms with van der Waals surface area (Å²) in [6.45, 7) is 1.97. The summed E-state index contributed by atoms with van der Waals surface area (Å²) in [5, 5.41) is 2.91. The zero-order valence-corrected chi connectivity index (χ0v) is 13.3. The third-order valence-corrected chi connectivity index (χ3v) is 4.17. The Bertz CT molecular complexity index is 793. The van der Waals surface area contributed by atoms with Crippen LogP contribution < -0.4 is 4.74 Å². The fraction of sp³-hybridized carbons (Fsp3) is 0.158. The van der Waals surface area contributed by atoms with Crippen LogP contribution in [0.1, 0.15) is 17.4 Å². The van der Waals surface area contributed by atoms with Crippen molar-refractivity contribution in [3.63, 3.8) is 0 Å². The maximum atomic E-state index is 6.20. The highest BCUT2D eigenvalue weighted by molar-refractivity contribution is 6.31. The lowest BCUT2D eigenvalue weighted by atomic mass is 10.1. The zero-order chi connectivity index (χ0) is 15.5. The van der Waals surface area contributed by atoms with Crippen LogP contribution in [-0.4, -0.2) is 7.11 Å². The van der Waals surface area contributed by atoms with E-state index in [1.165, 1.54) is 0 Å². The number of ether oxygens (including phenoxy) is 2. The van der Waals surface area contributed by atoms with Crippen molar-refractivity contribution in [2.45, 2.75) is 13.2 Å². The second-order valence-electron chi connectivity index (χ2n) is 5.12. The summed E-state index contributed by atoms with van der Waals surface area (Å²) in [7, 11) is 1.64. The lowest BCUT2D eigenvalue weighted by Crippen LogP contribution is -2.11. The summed E-state index contributed by atoms with van der Waals surface area (Å²) < 4.78 is 11.7. The van der Waals surface area contributed by atoms with E-state index in [-0.39, 0.29) is 0 Å². The van der Waals surface area contributed by atoms with E-state index >= 15 is 0 Å². The molecule has 3 aromatic rings. The average Bonchev–Trinajstić information content (AvgIpc) is 2.55. The Kier molecular flexibility index (Phi) is 4.32. The van der Waals surface area contributed by atoms with Crippen LogP contribution in [0.25, 0.3) is 10.8 Å². The van der Waals surface area contributed by atoms with E-state index < -0.39 is 6.29 Å². The molecule has 3 heteroatoms. The van der Waals surface area contributed by atoms with Crippen molar-refractivity contribution in [3.8, 4) is 5.75 Å². The third kappa shape index (κ3) is 2.80. The van der Waals surface area contributed by atoms with Gasteiger partial charge in [-0.3, -0.25) is 0 Å². The van der Waals surface area contributed by atoms with Gasteiger partial charge in [0.15, 0.2) is 0 Å². The van der Waals surface area contributed by atoms with Gasteiger partial charge in [0, 0.05) is 23.1 Å². The highest BCUT2D eigenvalue weighted by Crippen LogP contribution is 2.32. The van der Waals surface area contributed by atoms with Gasteiger partial charge in [-0.1, -0.05) is 60.1 Å². The van der Waals surface area contributed by atoms with Gasteiger partial charge in [-0.2, -0.15) is 0 Å². The highest BCUT2D eigenvalue weighted by Gasteiger charge is 2.17. The molecule has 0 radical (unpaired) electrons. The number of methoxy groups -OCH3 is 1. The fourth-order valence-electron chi connectivity index (χ4n) is 2.53. The predicted molar refractivity (Wildman–Crippen MR) is 90.5 cm³/mol. The van der Waals surface area contributed by atoms with E-state index in [1.54, 1.807) is 7.11 Å². The summed E-state index contributed by atoms with van der Waals surface area (Å²) in [5.41, 5.74) is 1.90. The molecule has 22 heavy (non-hydrogen) atoms. The molecule has 0 aliphatic heterocycles. The Morgan fingerprint density at radius 3 is 2.45 bits per heavy atom. The number of rotatable bonds is 4. The Hall–Kier alpha value is -2.03. The van der Waals surface area contributed by atoms with E-state index in [9.17, 15) is 0 Å². The van der Waals surface area contributed by atoms with E-state index in [1.807, 2.05) is 55.5 Å². The first-order valence-electron chi connectivity index (χ1n) is 7.13. The van der Waals surface area contributed by atoms with Crippen molar-refractivity contribution in [3.05, 3.63) is 76.8 Å². The van der Waals surface area contributed by atoms with Crippen molar-refractivity contribution in [1.82, 2.24) is 0 Å². The van der Waals surface area contributed by atoms with Crippen LogP contribution in [0, 0.1) is 6.92 Å². The molecule has 0 saturated carbocycles. The summed E-state index contributed by atoms with van der Waals surface area (Å²) >= 11 is 6.20. The molecule has 0 saturated heterocycles. The smallest absolute Gasteiger partial charge is 0.226 e. The number of hydrogen-bond donors (Lipinski definition) is 0. The maximum Gasteiger partial charge on any atom is 0.226 e. The van der Waals surface area contributed by atoms with Crippen molar-refractivity contribution >= 4 is 22.4 Å². The molecular formula is C19H17ClO2. The van der Waals surface area contributed by atoms with Gasteiger partial charge in [0.25, 0.3) is 0 Å². The normalized spacial score (nSPS) is 12.3. The number of fused-ring (bicyclic) bond motifs is 1. The minimum atomic E-state index is -0.496. The standard InChI is InChI=1S/C19H17ClO2/c1-13-15(10-6-11-17(13)20)19(21-2)22-18-12-5-8-14-7-3-4-9-16(14)18/h3-12,19H,1-2H3. The van der Waals surface area contributed by atoms with E-state index in [2.05, 4.69) is 12.1 Å². The predicted octanol–water partition coefficient (Wildman–Crippen LogP) is 5.53. The lowest BCUT2D eigenvalue weighted by Gasteiger charge is -2.21. The molecule has 3 aromatic carbocycles. The first kappa shape index (κ1) is 14.9. The van der Waals surface area contributed by atoms with Crippen LogP contribution in [0.3, 0.4) is 0 Å². The third-order valence-electron chi connectivity index (χ3n) is 3.76. The molecule has 0 amide bonds. The van der Waals surface area contributed by atoms with Crippen LogP contribution in [0.4, 0.5) is 0 Å². The molecule has 3 rings (SSSR count). The summed E-state index contributed by atoms with van der Waals surface area (Å²) in [4.78, 5) is 0. The molecule has 0 spiro atoms. The largest absolute Gasteiger partial charge is 0.460 e. The van der Waals surface area contributed by atoms with Gasteiger partial charge in [0.05, 0.1) is 0 Å². The van der Waals surface area contributed by atoms with E-state index in [0.29, 0.717) is 5.02 Å². The Morgan fingerprint density at radius 2 is 1.64 bits per heavy atom. The van der Waals surface area contributed by atoms with Gasteiger partial charge in [0.2, 0.25) is 6.29 Å². The van der Waals surface area contributed by atoms with Crippen LogP contribution >= 0.6 is 11.6 Å². The second kappa shape index (κ2) is 6.39. The minimum absolute atomic E-state index is 0.496. The van der Waals surface area contributed by atoms with Gasteiger partial charge >= 0.3 is 0 Å². The molecule has 0 aliphatic carbocycles. The highest BCUT2D eigenvalue weighted by atomic mass is 35.5. The SMILES string of the molecule is COC(Oc1cccc2ccccc12)c1cccc(Cl)c1C. The first-order chi connectivity index (χ1) is 10.7. The molecular weight excluding hydrogens is 296 g/mol. The summed E-state index contributed by atoms with van der Waals surface area (Å²) in [6.07, 6.45) is -0.496. The number of halogens is 1. The summed E-state index contributed by atoms with van der Waals surface area (Å²) in [5.74, 6) is 0.796. The molecule has 2 nitrogen and oxygen atoms in total. The van der Waals surface area contributed by atoms with Gasteiger partial charge in [-0.15, -0.1) is 0 Å². The second-order valence-corrected chi connectivity index (χ2v) is 5.52. The monoisotopic (exact) mass is 312 g/mol. The van der Waals surface area contributed by atoms with E-state index in [0.717, 1.165) is 27.6 Å². The minimum Gasteiger partial charge on any atom is -0.460 e. The van der Waals surface area contributed by atoms with Crippen LogP contribution in [0.2, 0.25) is 5.02 Å². The quantitative estimate of drug-likeness (QED) is 0.590. The van der Waals surface area contributed by atoms with Crippen molar-refractivity contribution in [2.75, 3.05) is 7.11 Å². The van der Waals surface area contributed by atoms with Crippen molar-refractivity contribution < 1.29 is 9.47 Å². The molecule has 0 heterocycles. The van der Waals surface area contributed by atoms with Gasteiger partial charge in [-0.05, 0) is 30.0 Å². The zero-order valence-electron chi connectivity index (χ0n) is 12.5. The molecule has 0 bridgehead atoms. The Labute approximate surface area is 135 Å². The molecule has 0 fully saturated rings. The molecule has 1 unspecified atom stereocenters. The number of hydrogen-bond acceptors (Lipinski definition) is 2. The van der Waals surface area contributed by atoms with Crippen LogP contribution in [0.15, 0.2) is 60.7 Å². The number of benzene rings is 3. The topological polar surface area (TPSA) is 18.5 Å². The summed E-state index contributed by atoms with van der Waals surface area (Å²) in [6, 6.07) is 19.9. The fourth-order valence-corrected chi connectivity index (χ4v) is 2.71. The van der Waals surface area contributed by atoms with Crippen molar-refractivity contribution in [1.29, 1.82) is 0 Å². The lowest BCUT2D eigenvalue weighted by molar-refractivity contribution is -0.0557. The molecule has 0 aliphatic rings. The molecule has 0 N–H and O–H groups in total. The maximum absolute atomic E-state index is 6.20. The van der Waals surface area contributed by atoms with Gasteiger partial charge < -0.3 is 9.47 Å². The molecule has 1 atom stereocenters. The van der Waals surface area contributed by atoms with Gasteiger partial charge in [-0.25, -0.2) is 0 Å². The van der Waals surface area contributed by atoms with Crippen LogP contribution in [0.5, 0.6) is 5.75 Å². The van der Waals surface area contributed by atoms with Crippen molar-refractivity contribution in [2.24, 2.45) is 0 Å². The Balaban J connectivity index is 2.00. The average molecular weight is 313 g/mol. The Morgan fingerprint density at radius 1 is 0.909 bits per heavy atom. The van der Waals surface area contributed by atoms with Gasteiger partial charge in [0.1, 0.15) is 5.75 Å². The first-order valence-corrected chi connectivity index (χ1v) is 7.50.